The van der Waals surface area contributed by atoms with Gasteiger partial charge in [0.15, 0.2) is 0 Å². The van der Waals surface area contributed by atoms with E-state index in [9.17, 15) is 0 Å². The highest BCUT2D eigenvalue weighted by Gasteiger charge is 2.17. The average Bonchev–Trinajstić information content (AvgIpc) is 2.85. The van der Waals surface area contributed by atoms with Crippen molar-refractivity contribution in [3.63, 3.8) is 0 Å². The molecule has 0 aliphatic heterocycles. The van der Waals surface area contributed by atoms with E-state index in [1.54, 1.807) is 0 Å². The first kappa shape index (κ1) is 13.2. The Morgan fingerprint density at radius 1 is 1.45 bits per heavy atom. The quantitative estimate of drug-likeness (QED) is 0.930. The highest BCUT2D eigenvalue weighted by Crippen LogP contribution is 2.30. The van der Waals surface area contributed by atoms with E-state index in [1.807, 2.05) is 19.3 Å². The fourth-order valence-electron chi connectivity index (χ4n) is 2.81. The summed E-state index contributed by atoms with van der Waals surface area (Å²) in [6, 6.07) is 6.49. The van der Waals surface area contributed by atoms with Crippen molar-refractivity contribution in [3.05, 3.63) is 47.5 Å². The summed E-state index contributed by atoms with van der Waals surface area (Å²) in [6.45, 7) is 3.46. The molecule has 0 saturated carbocycles. The Bertz CT molecular complexity index is 591. The van der Waals surface area contributed by atoms with Crippen LogP contribution < -0.4 is 10.5 Å². The highest BCUT2D eigenvalue weighted by atomic mass is 16.5. The number of rotatable bonds is 4. The zero-order valence-electron chi connectivity index (χ0n) is 11.9. The van der Waals surface area contributed by atoms with Crippen LogP contribution in [-0.2, 0) is 13.0 Å². The van der Waals surface area contributed by atoms with Crippen molar-refractivity contribution in [1.29, 1.82) is 0 Å². The molecule has 1 aliphatic rings. The summed E-state index contributed by atoms with van der Waals surface area (Å²) < 4.78 is 7.93. The maximum Gasteiger partial charge on any atom is 0.119 e. The first-order valence-corrected chi connectivity index (χ1v) is 7.23. The molecule has 1 aromatic heterocycles. The topological polar surface area (TPSA) is 53.1 Å². The van der Waals surface area contributed by atoms with Crippen molar-refractivity contribution in [2.45, 2.75) is 38.8 Å². The molecule has 1 atom stereocenters. The van der Waals surface area contributed by atoms with Gasteiger partial charge in [-0.15, -0.1) is 0 Å². The number of hydrogen-bond donors (Lipinski definition) is 1. The number of aryl methyl sites for hydroxylation is 2. The van der Waals surface area contributed by atoms with E-state index in [1.165, 1.54) is 17.5 Å². The Balaban J connectivity index is 1.63. The molecule has 0 saturated heterocycles. The lowest BCUT2D eigenvalue weighted by Gasteiger charge is -2.22. The lowest BCUT2D eigenvalue weighted by molar-refractivity contribution is 0.296. The molecule has 0 fully saturated rings. The number of fused-ring (bicyclic) bond motifs is 1. The lowest BCUT2D eigenvalue weighted by atomic mass is 9.88. The molecule has 4 nitrogen and oxygen atoms in total. The number of hydrogen-bond acceptors (Lipinski definition) is 3. The molecule has 0 radical (unpaired) electrons. The molecule has 4 heteroatoms. The van der Waals surface area contributed by atoms with E-state index in [0.717, 1.165) is 31.0 Å². The van der Waals surface area contributed by atoms with E-state index in [4.69, 9.17) is 10.5 Å². The van der Waals surface area contributed by atoms with Gasteiger partial charge in [0, 0.05) is 18.4 Å². The number of nitrogens with zero attached hydrogens (tertiary/aromatic N) is 2. The van der Waals surface area contributed by atoms with Crippen LogP contribution in [0.15, 0.2) is 30.6 Å². The van der Waals surface area contributed by atoms with E-state index >= 15 is 0 Å². The zero-order chi connectivity index (χ0) is 13.9. The van der Waals surface area contributed by atoms with Gasteiger partial charge >= 0.3 is 0 Å². The van der Waals surface area contributed by atoms with E-state index in [2.05, 4.69) is 27.8 Å². The third kappa shape index (κ3) is 2.70. The Labute approximate surface area is 119 Å². The van der Waals surface area contributed by atoms with Crippen LogP contribution in [0.1, 0.15) is 35.8 Å². The SMILES string of the molecule is Cc1nccn1CCOc1ccc2c(c1)C(N)CCC2. The van der Waals surface area contributed by atoms with Crippen molar-refractivity contribution in [2.75, 3.05) is 6.61 Å². The molecular formula is C16H21N3O. The largest absolute Gasteiger partial charge is 0.492 e. The minimum atomic E-state index is 0.165. The Morgan fingerprint density at radius 3 is 3.15 bits per heavy atom. The number of nitrogens with two attached hydrogens (primary N) is 1. The maximum absolute atomic E-state index is 6.17. The number of aromatic nitrogens is 2. The molecule has 106 valence electrons. The molecule has 1 unspecified atom stereocenters. The maximum atomic E-state index is 6.17. The minimum absolute atomic E-state index is 0.165. The highest BCUT2D eigenvalue weighted by molar-refractivity contribution is 5.39. The molecule has 1 heterocycles. The van der Waals surface area contributed by atoms with Gasteiger partial charge in [-0.1, -0.05) is 6.07 Å². The van der Waals surface area contributed by atoms with Crippen molar-refractivity contribution in [3.8, 4) is 5.75 Å². The summed E-state index contributed by atoms with van der Waals surface area (Å²) in [4.78, 5) is 4.20. The monoisotopic (exact) mass is 271 g/mol. The van der Waals surface area contributed by atoms with Crippen LogP contribution in [0.25, 0.3) is 0 Å². The summed E-state index contributed by atoms with van der Waals surface area (Å²) in [6.07, 6.45) is 7.19. The zero-order valence-corrected chi connectivity index (χ0v) is 11.9. The normalized spacial score (nSPS) is 17.8. The van der Waals surface area contributed by atoms with Gasteiger partial charge in [0.05, 0.1) is 6.54 Å². The van der Waals surface area contributed by atoms with E-state index in [-0.39, 0.29) is 6.04 Å². The smallest absolute Gasteiger partial charge is 0.119 e. The van der Waals surface area contributed by atoms with Crippen LogP contribution in [0.2, 0.25) is 0 Å². The summed E-state index contributed by atoms with van der Waals surface area (Å²) in [7, 11) is 0. The molecule has 0 amide bonds. The van der Waals surface area contributed by atoms with Crippen LogP contribution in [0, 0.1) is 6.92 Å². The summed E-state index contributed by atoms with van der Waals surface area (Å²) in [5.74, 6) is 1.93. The van der Waals surface area contributed by atoms with Crippen molar-refractivity contribution >= 4 is 0 Å². The fourth-order valence-corrected chi connectivity index (χ4v) is 2.81. The molecular weight excluding hydrogens is 250 g/mol. The van der Waals surface area contributed by atoms with E-state index in [0.29, 0.717) is 6.61 Å². The van der Waals surface area contributed by atoms with Crippen LogP contribution in [0.4, 0.5) is 0 Å². The van der Waals surface area contributed by atoms with Crippen LogP contribution in [0.3, 0.4) is 0 Å². The van der Waals surface area contributed by atoms with Crippen LogP contribution >= 0.6 is 0 Å². The van der Waals surface area contributed by atoms with Crippen molar-refractivity contribution in [2.24, 2.45) is 5.73 Å². The molecule has 0 spiro atoms. The Hall–Kier alpha value is -1.81. The predicted molar refractivity (Wildman–Crippen MR) is 78.8 cm³/mol. The van der Waals surface area contributed by atoms with Gasteiger partial charge in [-0.05, 0) is 49.4 Å². The molecule has 2 aromatic rings. The van der Waals surface area contributed by atoms with Gasteiger partial charge < -0.3 is 15.0 Å². The standard InChI is InChI=1S/C16H21N3O/c1-12-18-7-8-19(12)9-10-20-14-6-5-13-3-2-4-16(17)15(13)11-14/h5-8,11,16H,2-4,9-10,17H2,1H3. The third-order valence-electron chi connectivity index (χ3n) is 4.00. The van der Waals surface area contributed by atoms with Gasteiger partial charge in [-0.3, -0.25) is 0 Å². The molecule has 3 rings (SSSR count). The predicted octanol–water partition coefficient (Wildman–Crippen LogP) is 2.61. The molecule has 1 aliphatic carbocycles. The molecule has 2 N–H and O–H groups in total. The van der Waals surface area contributed by atoms with E-state index < -0.39 is 0 Å². The first-order chi connectivity index (χ1) is 9.74. The molecule has 0 bridgehead atoms. The first-order valence-electron chi connectivity index (χ1n) is 7.23. The third-order valence-corrected chi connectivity index (χ3v) is 4.00. The Morgan fingerprint density at radius 2 is 2.35 bits per heavy atom. The summed E-state index contributed by atoms with van der Waals surface area (Å²) in [5, 5.41) is 0. The van der Waals surface area contributed by atoms with Gasteiger partial charge in [-0.25, -0.2) is 4.98 Å². The lowest BCUT2D eigenvalue weighted by Crippen LogP contribution is -2.17. The summed E-state index contributed by atoms with van der Waals surface area (Å²) >= 11 is 0. The van der Waals surface area contributed by atoms with Crippen LogP contribution in [-0.4, -0.2) is 16.2 Å². The second-order valence-electron chi connectivity index (χ2n) is 5.38. The number of benzene rings is 1. The van der Waals surface area contributed by atoms with Gasteiger partial charge in [0.2, 0.25) is 0 Å². The molecule has 20 heavy (non-hydrogen) atoms. The number of ether oxygens (including phenoxy) is 1. The van der Waals surface area contributed by atoms with Gasteiger partial charge in [0.25, 0.3) is 0 Å². The minimum Gasteiger partial charge on any atom is -0.492 e. The van der Waals surface area contributed by atoms with Gasteiger partial charge in [-0.2, -0.15) is 0 Å². The average molecular weight is 271 g/mol. The number of imidazole rings is 1. The van der Waals surface area contributed by atoms with Crippen molar-refractivity contribution < 1.29 is 4.74 Å². The molecule has 1 aromatic carbocycles. The second kappa shape index (κ2) is 5.67. The second-order valence-corrected chi connectivity index (χ2v) is 5.38. The summed E-state index contributed by atoms with van der Waals surface area (Å²) in [5.41, 5.74) is 8.81. The fraction of sp³-hybridized carbons (Fsp3) is 0.438. The Kier molecular flexibility index (Phi) is 3.74. The van der Waals surface area contributed by atoms with Gasteiger partial charge in [0.1, 0.15) is 18.2 Å². The van der Waals surface area contributed by atoms with Crippen LogP contribution in [0.5, 0.6) is 5.75 Å². The van der Waals surface area contributed by atoms with Crippen molar-refractivity contribution in [1.82, 2.24) is 9.55 Å².